The van der Waals surface area contributed by atoms with Crippen molar-refractivity contribution in [2.24, 2.45) is 5.92 Å². The number of benzene rings is 3. The summed E-state index contributed by atoms with van der Waals surface area (Å²) in [7, 11) is 1.63. The predicted octanol–water partition coefficient (Wildman–Crippen LogP) is 6.70. The standard InChI is InChI=1S/C31H31FN2O2/c1-22-27(31(35)33-18-16-24(17-19-33)20-23-8-4-3-5-9-23)21-30(25-12-14-26(36-2)15-13-25)34(22)29-11-7-6-10-28(29)32/h3-15,21,24H,16-20H2,1-2H3. The molecule has 1 aliphatic rings. The van der Waals surface area contributed by atoms with Crippen molar-refractivity contribution in [3.8, 4) is 22.7 Å². The first kappa shape index (κ1) is 23.9. The van der Waals surface area contributed by atoms with E-state index in [1.54, 1.807) is 19.2 Å². The van der Waals surface area contributed by atoms with Gasteiger partial charge >= 0.3 is 0 Å². The average molecular weight is 483 g/mol. The fourth-order valence-electron chi connectivity index (χ4n) is 5.20. The summed E-state index contributed by atoms with van der Waals surface area (Å²) >= 11 is 0. The molecule has 1 saturated heterocycles. The molecule has 0 bridgehead atoms. The molecule has 5 heteroatoms. The Morgan fingerprint density at radius 2 is 1.61 bits per heavy atom. The van der Waals surface area contributed by atoms with E-state index < -0.39 is 0 Å². The van der Waals surface area contributed by atoms with Crippen molar-refractivity contribution in [1.29, 1.82) is 0 Å². The first-order valence-electron chi connectivity index (χ1n) is 12.5. The molecule has 0 spiro atoms. The zero-order chi connectivity index (χ0) is 25.1. The Balaban J connectivity index is 1.43. The maximum atomic E-state index is 14.9. The van der Waals surface area contributed by atoms with Crippen molar-refractivity contribution in [2.75, 3.05) is 20.2 Å². The summed E-state index contributed by atoms with van der Waals surface area (Å²) < 4.78 is 22.1. The molecule has 3 aromatic carbocycles. The summed E-state index contributed by atoms with van der Waals surface area (Å²) in [4.78, 5) is 15.6. The molecule has 4 aromatic rings. The summed E-state index contributed by atoms with van der Waals surface area (Å²) in [6.07, 6.45) is 3.02. The lowest BCUT2D eigenvalue weighted by Gasteiger charge is -2.32. The van der Waals surface area contributed by atoms with Crippen LogP contribution in [-0.2, 0) is 6.42 Å². The lowest BCUT2D eigenvalue weighted by molar-refractivity contribution is 0.0690. The fraction of sp³-hybridized carbons (Fsp3) is 0.258. The van der Waals surface area contributed by atoms with Gasteiger partial charge in [-0.3, -0.25) is 4.79 Å². The maximum Gasteiger partial charge on any atom is 0.255 e. The average Bonchev–Trinajstić information content (AvgIpc) is 3.26. The summed E-state index contributed by atoms with van der Waals surface area (Å²) in [6, 6.07) is 26.8. The SMILES string of the molecule is COc1ccc(-c2cc(C(=O)N3CCC(Cc4ccccc4)CC3)c(C)n2-c2ccccc2F)cc1. The minimum Gasteiger partial charge on any atom is -0.497 e. The van der Waals surface area contributed by atoms with Gasteiger partial charge in [-0.05, 0) is 85.7 Å². The number of rotatable bonds is 6. The van der Waals surface area contributed by atoms with E-state index in [2.05, 4.69) is 24.3 Å². The van der Waals surface area contributed by atoms with Crippen LogP contribution in [0.25, 0.3) is 16.9 Å². The van der Waals surface area contributed by atoms with Crippen LogP contribution in [0.1, 0.15) is 34.5 Å². The summed E-state index contributed by atoms with van der Waals surface area (Å²) in [5.74, 6) is 1.01. The van der Waals surface area contributed by atoms with E-state index in [0.717, 1.165) is 55.1 Å². The predicted molar refractivity (Wildman–Crippen MR) is 141 cm³/mol. The van der Waals surface area contributed by atoms with Crippen molar-refractivity contribution in [1.82, 2.24) is 9.47 Å². The van der Waals surface area contributed by atoms with E-state index in [9.17, 15) is 9.18 Å². The Morgan fingerprint density at radius 1 is 0.944 bits per heavy atom. The third-order valence-electron chi connectivity index (χ3n) is 7.23. The molecule has 1 fully saturated rings. The number of carbonyl (C=O) groups is 1. The number of para-hydroxylation sites is 1. The molecule has 4 nitrogen and oxygen atoms in total. The number of hydrogen-bond donors (Lipinski definition) is 0. The largest absolute Gasteiger partial charge is 0.497 e. The number of nitrogens with zero attached hydrogens (tertiary/aromatic N) is 2. The third kappa shape index (κ3) is 4.78. The topological polar surface area (TPSA) is 34.5 Å². The van der Waals surface area contributed by atoms with Crippen LogP contribution in [0.2, 0.25) is 0 Å². The molecular weight excluding hydrogens is 451 g/mol. The zero-order valence-electron chi connectivity index (χ0n) is 20.8. The Bertz CT molecular complexity index is 1340. The molecule has 0 N–H and O–H groups in total. The van der Waals surface area contributed by atoms with Crippen LogP contribution in [0.3, 0.4) is 0 Å². The highest BCUT2D eigenvalue weighted by atomic mass is 19.1. The Kier molecular flexibility index (Phi) is 6.90. The van der Waals surface area contributed by atoms with Crippen molar-refractivity contribution < 1.29 is 13.9 Å². The molecule has 2 heterocycles. The fourth-order valence-corrected chi connectivity index (χ4v) is 5.20. The Labute approximate surface area is 212 Å². The number of ether oxygens (including phenoxy) is 1. The number of halogens is 1. The van der Waals surface area contributed by atoms with Crippen LogP contribution >= 0.6 is 0 Å². The molecule has 36 heavy (non-hydrogen) atoms. The summed E-state index contributed by atoms with van der Waals surface area (Å²) in [6.45, 7) is 3.37. The normalized spacial score (nSPS) is 14.1. The first-order chi connectivity index (χ1) is 17.5. The number of amides is 1. The van der Waals surface area contributed by atoms with Gasteiger partial charge in [0.1, 0.15) is 11.6 Å². The lowest BCUT2D eigenvalue weighted by atomic mass is 9.90. The molecule has 1 aliphatic heterocycles. The van der Waals surface area contributed by atoms with E-state index in [-0.39, 0.29) is 11.7 Å². The van der Waals surface area contributed by atoms with Gasteiger partial charge in [-0.1, -0.05) is 42.5 Å². The van der Waals surface area contributed by atoms with E-state index >= 15 is 0 Å². The van der Waals surface area contributed by atoms with Crippen LogP contribution in [0.15, 0.2) is 84.9 Å². The minimum atomic E-state index is -0.327. The van der Waals surface area contributed by atoms with Gasteiger partial charge < -0.3 is 14.2 Å². The maximum absolute atomic E-state index is 14.9. The van der Waals surface area contributed by atoms with Crippen LogP contribution in [0.5, 0.6) is 5.75 Å². The number of aromatic nitrogens is 1. The van der Waals surface area contributed by atoms with Crippen molar-refractivity contribution in [3.63, 3.8) is 0 Å². The lowest BCUT2D eigenvalue weighted by Crippen LogP contribution is -2.39. The number of hydrogen-bond acceptors (Lipinski definition) is 2. The van der Waals surface area contributed by atoms with Gasteiger partial charge in [0.2, 0.25) is 0 Å². The summed E-state index contributed by atoms with van der Waals surface area (Å²) in [5, 5.41) is 0. The second-order valence-electron chi connectivity index (χ2n) is 9.47. The van der Waals surface area contributed by atoms with Gasteiger partial charge in [0.05, 0.1) is 24.1 Å². The molecule has 0 atom stereocenters. The van der Waals surface area contributed by atoms with Gasteiger partial charge in [0.25, 0.3) is 5.91 Å². The van der Waals surface area contributed by atoms with Crippen LogP contribution in [0.4, 0.5) is 4.39 Å². The van der Waals surface area contributed by atoms with Crippen LogP contribution in [0, 0.1) is 18.7 Å². The number of carbonyl (C=O) groups excluding carboxylic acids is 1. The van der Waals surface area contributed by atoms with Gasteiger partial charge in [-0.15, -0.1) is 0 Å². The highest BCUT2D eigenvalue weighted by molar-refractivity contribution is 5.97. The van der Waals surface area contributed by atoms with Gasteiger partial charge in [-0.25, -0.2) is 4.39 Å². The highest BCUT2D eigenvalue weighted by Gasteiger charge is 2.28. The molecule has 184 valence electrons. The van der Waals surface area contributed by atoms with Crippen molar-refractivity contribution >= 4 is 5.91 Å². The molecule has 0 saturated carbocycles. The molecule has 0 unspecified atom stereocenters. The summed E-state index contributed by atoms with van der Waals surface area (Å²) in [5.41, 5.74) is 4.81. The van der Waals surface area contributed by atoms with Crippen molar-refractivity contribution in [3.05, 3.63) is 108 Å². The number of methoxy groups -OCH3 is 1. The number of piperidine rings is 1. The molecule has 0 aliphatic carbocycles. The molecule has 5 rings (SSSR count). The molecular formula is C31H31FN2O2. The highest BCUT2D eigenvalue weighted by Crippen LogP contribution is 2.33. The second-order valence-corrected chi connectivity index (χ2v) is 9.47. The van der Waals surface area contributed by atoms with Crippen LogP contribution in [-0.4, -0.2) is 35.6 Å². The van der Waals surface area contributed by atoms with E-state index in [0.29, 0.717) is 17.2 Å². The monoisotopic (exact) mass is 482 g/mol. The van der Waals surface area contributed by atoms with Gasteiger partial charge in [-0.2, -0.15) is 0 Å². The third-order valence-corrected chi connectivity index (χ3v) is 7.23. The Hall–Kier alpha value is -3.86. The van der Waals surface area contributed by atoms with E-state index in [1.165, 1.54) is 11.6 Å². The molecule has 1 aromatic heterocycles. The van der Waals surface area contributed by atoms with Crippen molar-refractivity contribution in [2.45, 2.75) is 26.2 Å². The van der Waals surface area contributed by atoms with Gasteiger partial charge in [0.15, 0.2) is 0 Å². The van der Waals surface area contributed by atoms with E-state index in [4.69, 9.17) is 4.74 Å². The first-order valence-corrected chi connectivity index (χ1v) is 12.5. The molecule has 1 amide bonds. The number of likely N-dealkylation sites (tertiary alicyclic amines) is 1. The Morgan fingerprint density at radius 3 is 2.28 bits per heavy atom. The minimum absolute atomic E-state index is 0.00973. The quantitative estimate of drug-likeness (QED) is 0.307. The zero-order valence-corrected chi connectivity index (χ0v) is 20.8. The smallest absolute Gasteiger partial charge is 0.255 e. The molecule has 0 radical (unpaired) electrons. The van der Waals surface area contributed by atoms with Crippen LogP contribution < -0.4 is 4.74 Å². The van der Waals surface area contributed by atoms with E-state index in [1.807, 2.05) is 58.9 Å². The van der Waals surface area contributed by atoms with Gasteiger partial charge in [0, 0.05) is 18.8 Å². The second kappa shape index (κ2) is 10.4.